The van der Waals surface area contributed by atoms with E-state index in [2.05, 4.69) is 37.7 Å². The molecule has 1 aromatic rings. The third-order valence-electron chi connectivity index (χ3n) is 2.68. The monoisotopic (exact) mass is 192 g/mol. The molecule has 0 fully saturated rings. The molecule has 2 nitrogen and oxygen atoms in total. The minimum absolute atomic E-state index is 0.209. The van der Waals surface area contributed by atoms with E-state index >= 15 is 0 Å². The Kier molecular flexibility index (Phi) is 3.62. The van der Waals surface area contributed by atoms with Crippen molar-refractivity contribution in [1.82, 2.24) is 9.97 Å². The van der Waals surface area contributed by atoms with Gasteiger partial charge in [0.2, 0.25) is 0 Å². The Morgan fingerprint density at radius 1 is 1.14 bits per heavy atom. The van der Waals surface area contributed by atoms with Crippen molar-refractivity contribution < 1.29 is 0 Å². The van der Waals surface area contributed by atoms with E-state index in [0.29, 0.717) is 0 Å². The highest BCUT2D eigenvalue weighted by Crippen LogP contribution is 2.26. The normalized spacial score (nSPS) is 11.7. The summed E-state index contributed by atoms with van der Waals surface area (Å²) in [5.41, 5.74) is 1.46. The minimum Gasteiger partial charge on any atom is -0.241 e. The molecule has 0 N–H and O–H groups in total. The van der Waals surface area contributed by atoms with Gasteiger partial charge in [0.1, 0.15) is 5.82 Å². The molecule has 1 heterocycles. The van der Waals surface area contributed by atoms with Crippen molar-refractivity contribution in [2.24, 2.45) is 0 Å². The maximum atomic E-state index is 4.33. The van der Waals surface area contributed by atoms with Crippen molar-refractivity contribution in [3.8, 4) is 0 Å². The van der Waals surface area contributed by atoms with Crippen molar-refractivity contribution in [2.45, 2.75) is 52.4 Å². The number of aromatic nitrogens is 2. The van der Waals surface area contributed by atoms with Crippen LogP contribution < -0.4 is 0 Å². The summed E-state index contributed by atoms with van der Waals surface area (Å²) >= 11 is 0. The zero-order valence-electron chi connectivity index (χ0n) is 9.67. The molecule has 0 aliphatic carbocycles. The van der Waals surface area contributed by atoms with Crippen molar-refractivity contribution in [2.75, 3.05) is 0 Å². The van der Waals surface area contributed by atoms with Gasteiger partial charge in [-0.2, -0.15) is 0 Å². The Morgan fingerprint density at radius 2 is 1.71 bits per heavy atom. The fraction of sp³-hybridized carbons (Fsp3) is 0.667. The summed E-state index contributed by atoms with van der Waals surface area (Å²) in [5.74, 6) is 0.932. The molecule has 14 heavy (non-hydrogen) atoms. The van der Waals surface area contributed by atoms with Crippen LogP contribution in [0, 0.1) is 0 Å². The summed E-state index contributed by atoms with van der Waals surface area (Å²) in [5, 5.41) is 0. The average Bonchev–Trinajstić information content (AvgIpc) is 2.18. The highest BCUT2D eigenvalue weighted by Gasteiger charge is 2.19. The summed E-state index contributed by atoms with van der Waals surface area (Å²) in [4.78, 5) is 8.67. The van der Waals surface area contributed by atoms with Crippen molar-refractivity contribution in [1.29, 1.82) is 0 Å². The predicted octanol–water partition coefficient (Wildman–Crippen LogP) is 3.12. The van der Waals surface area contributed by atoms with E-state index in [1.807, 2.05) is 12.4 Å². The summed E-state index contributed by atoms with van der Waals surface area (Å²) in [7, 11) is 0. The largest absolute Gasteiger partial charge is 0.241 e. The smallest absolute Gasteiger partial charge is 0.127 e. The van der Waals surface area contributed by atoms with E-state index in [-0.39, 0.29) is 5.41 Å². The Labute approximate surface area is 86.8 Å². The van der Waals surface area contributed by atoms with Crippen LogP contribution in [0.15, 0.2) is 12.4 Å². The molecule has 0 atom stereocenters. The molecule has 0 spiro atoms. The average molecular weight is 192 g/mol. The maximum Gasteiger partial charge on any atom is 0.127 e. The van der Waals surface area contributed by atoms with Gasteiger partial charge in [-0.3, -0.25) is 0 Å². The predicted molar refractivity (Wildman–Crippen MR) is 59.3 cm³/mol. The van der Waals surface area contributed by atoms with E-state index in [4.69, 9.17) is 0 Å². The van der Waals surface area contributed by atoms with Gasteiger partial charge in [0.25, 0.3) is 0 Å². The number of hydrogen-bond donors (Lipinski definition) is 0. The van der Waals surface area contributed by atoms with Crippen LogP contribution in [-0.2, 0) is 11.8 Å². The van der Waals surface area contributed by atoms with Crippen LogP contribution in [0.25, 0.3) is 0 Å². The molecular weight excluding hydrogens is 172 g/mol. The summed E-state index contributed by atoms with van der Waals surface area (Å²) in [6.07, 6.45) is 7.24. The van der Waals surface area contributed by atoms with Gasteiger partial charge in [0.15, 0.2) is 0 Å². The lowest BCUT2D eigenvalue weighted by Crippen LogP contribution is -2.17. The second kappa shape index (κ2) is 4.54. The van der Waals surface area contributed by atoms with Crippen molar-refractivity contribution >= 4 is 0 Å². The molecule has 1 aromatic heterocycles. The molecule has 0 amide bonds. The molecule has 0 unspecified atom stereocenters. The van der Waals surface area contributed by atoms with Crippen LogP contribution in [0.5, 0.6) is 0 Å². The molecule has 0 saturated carbocycles. The number of aryl methyl sites for hydroxylation is 1. The standard InChI is InChI=1S/C12H20N2/c1-5-7-12(3,4)10-8-13-11(6-2)14-9-10/h8-9H,5-7H2,1-4H3. The topological polar surface area (TPSA) is 25.8 Å². The summed E-state index contributed by atoms with van der Waals surface area (Å²) in [6, 6.07) is 0. The molecule has 0 aromatic carbocycles. The van der Waals surface area contributed by atoms with E-state index in [1.54, 1.807) is 0 Å². The first kappa shape index (κ1) is 11.2. The fourth-order valence-electron chi connectivity index (χ4n) is 1.66. The zero-order valence-corrected chi connectivity index (χ0v) is 9.67. The molecule has 0 radical (unpaired) electrons. The maximum absolute atomic E-state index is 4.33. The Hall–Kier alpha value is -0.920. The molecule has 0 bridgehead atoms. The Balaban J connectivity index is 2.85. The van der Waals surface area contributed by atoms with Crippen LogP contribution in [0.2, 0.25) is 0 Å². The zero-order chi connectivity index (χ0) is 10.6. The number of rotatable bonds is 4. The highest BCUT2D eigenvalue weighted by atomic mass is 14.9. The third kappa shape index (κ3) is 2.53. The molecule has 0 saturated heterocycles. The second-order valence-electron chi connectivity index (χ2n) is 4.38. The summed E-state index contributed by atoms with van der Waals surface area (Å²) < 4.78 is 0. The second-order valence-corrected chi connectivity index (χ2v) is 4.38. The van der Waals surface area contributed by atoms with Gasteiger partial charge < -0.3 is 0 Å². The summed E-state index contributed by atoms with van der Waals surface area (Å²) in [6.45, 7) is 8.79. The molecule has 0 aliphatic rings. The van der Waals surface area contributed by atoms with Gasteiger partial charge in [0, 0.05) is 18.8 Å². The third-order valence-corrected chi connectivity index (χ3v) is 2.68. The lowest BCUT2D eigenvalue weighted by molar-refractivity contribution is 0.469. The molecule has 78 valence electrons. The Bertz CT molecular complexity index is 275. The van der Waals surface area contributed by atoms with Gasteiger partial charge in [-0.15, -0.1) is 0 Å². The van der Waals surface area contributed by atoms with Crippen LogP contribution in [0.4, 0.5) is 0 Å². The molecule has 2 heteroatoms. The first-order valence-corrected chi connectivity index (χ1v) is 5.41. The minimum atomic E-state index is 0.209. The number of hydrogen-bond acceptors (Lipinski definition) is 2. The van der Waals surface area contributed by atoms with Crippen LogP contribution in [0.3, 0.4) is 0 Å². The molecule has 0 aliphatic heterocycles. The number of nitrogens with zero attached hydrogens (tertiary/aromatic N) is 2. The fourth-order valence-corrected chi connectivity index (χ4v) is 1.66. The van der Waals surface area contributed by atoms with Crippen LogP contribution in [0.1, 0.15) is 51.9 Å². The van der Waals surface area contributed by atoms with E-state index in [1.165, 1.54) is 18.4 Å². The van der Waals surface area contributed by atoms with Gasteiger partial charge in [-0.05, 0) is 17.4 Å². The molecule has 1 rings (SSSR count). The van der Waals surface area contributed by atoms with E-state index in [9.17, 15) is 0 Å². The first-order valence-electron chi connectivity index (χ1n) is 5.41. The van der Waals surface area contributed by atoms with Crippen LogP contribution >= 0.6 is 0 Å². The van der Waals surface area contributed by atoms with Crippen LogP contribution in [-0.4, -0.2) is 9.97 Å². The van der Waals surface area contributed by atoms with Crippen molar-refractivity contribution in [3.63, 3.8) is 0 Å². The van der Waals surface area contributed by atoms with E-state index in [0.717, 1.165) is 12.2 Å². The lowest BCUT2D eigenvalue weighted by atomic mass is 9.82. The first-order chi connectivity index (χ1) is 6.60. The van der Waals surface area contributed by atoms with Gasteiger partial charge >= 0.3 is 0 Å². The Morgan fingerprint density at radius 3 is 2.14 bits per heavy atom. The molecular formula is C12H20N2. The van der Waals surface area contributed by atoms with Crippen molar-refractivity contribution in [3.05, 3.63) is 23.8 Å². The quantitative estimate of drug-likeness (QED) is 0.732. The van der Waals surface area contributed by atoms with E-state index < -0.39 is 0 Å². The van der Waals surface area contributed by atoms with Gasteiger partial charge in [-0.1, -0.05) is 34.1 Å². The SMILES string of the molecule is CCCC(C)(C)c1cnc(CC)nc1. The highest BCUT2D eigenvalue weighted by molar-refractivity contribution is 5.16. The van der Waals surface area contributed by atoms with Gasteiger partial charge in [-0.25, -0.2) is 9.97 Å². The van der Waals surface area contributed by atoms with Gasteiger partial charge in [0.05, 0.1) is 0 Å². The lowest BCUT2D eigenvalue weighted by Gasteiger charge is -2.23.